The van der Waals surface area contributed by atoms with Gasteiger partial charge in [0, 0.05) is 107 Å². The van der Waals surface area contributed by atoms with Crippen molar-refractivity contribution in [2.75, 3.05) is 120 Å². The number of piperidine rings is 3. The third-order valence-electron chi connectivity index (χ3n) is 11.6. The number of rotatable bonds is 0. The molecule has 14 aliphatic rings. The molecule has 6 atom stereocenters. The van der Waals surface area contributed by atoms with E-state index in [-0.39, 0.29) is 55.7 Å². The fraction of sp³-hybridized carbons (Fsp3) is 1.00. The smallest absolute Gasteiger partial charge is 0.0506 e. The second-order valence-electron chi connectivity index (χ2n) is 14.7. The van der Waals surface area contributed by atoms with Gasteiger partial charge in [-0.3, -0.25) is 19.6 Å². The van der Waals surface area contributed by atoms with Crippen LogP contribution in [0.1, 0.15) is 32.1 Å². The first-order valence-electron chi connectivity index (χ1n) is 16.8. The minimum absolute atomic E-state index is 0. The van der Waals surface area contributed by atoms with E-state index in [1.807, 2.05) is 0 Å². The van der Waals surface area contributed by atoms with E-state index in [9.17, 15) is 0 Å². The number of fused-ring (bicyclic) bond motifs is 11. The molecule has 13 heteroatoms. The van der Waals surface area contributed by atoms with Gasteiger partial charge in [-0.05, 0) is 92.3 Å². The normalized spacial score (nSPS) is 42.5. The second-order valence-corrected chi connectivity index (χ2v) is 14.7. The van der Waals surface area contributed by atoms with E-state index in [1.165, 1.54) is 97.7 Å². The van der Waals surface area contributed by atoms with E-state index in [0.717, 1.165) is 49.8 Å². The van der Waals surface area contributed by atoms with Crippen molar-refractivity contribution in [2.24, 2.45) is 0 Å². The summed E-state index contributed by atoms with van der Waals surface area (Å²) in [4.78, 5) is 17.2. The fourth-order valence-corrected chi connectivity index (χ4v) is 8.30. The molecule has 0 spiro atoms. The molecular weight excluding hydrogens is 665 g/mol. The first kappa shape index (κ1) is 39.8. The Morgan fingerprint density at radius 2 is 1.14 bits per heavy atom. The minimum atomic E-state index is 0. The Labute approximate surface area is 305 Å². The van der Waals surface area contributed by atoms with Gasteiger partial charge in [0.25, 0.3) is 0 Å². The molecule has 14 saturated heterocycles. The van der Waals surface area contributed by atoms with Crippen molar-refractivity contribution in [3.05, 3.63) is 16.0 Å². The molecule has 14 heterocycles. The van der Waals surface area contributed by atoms with Crippen LogP contribution < -0.4 is 0 Å². The van der Waals surface area contributed by atoms with Gasteiger partial charge in [0.05, 0.1) is 6.67 Å². The van der Waals surface area contributed by atoms with Crippen LogP contribution in [0.25, 0.3) is 16.0 Å². The average Bonchev–Trinajstić information content (AvgIpc) is 3.57. The van der Waals surface area contributed by atoms with Crippen LogP contribution in [0.5, 0.6) is 0 Å². The maximum Gasteiger partial charge on any atom is 0.0506 e. The number of nitrogens with zero attached hydrogens (tertiary/aromatic N) is 10. The van der Waals surface area contributed by atoms with Crippen LogP contribution in [0.2, 0.25) is 0 Å². The van der Waals surface area contributed by atoms with Crippen LogP contribution in [-0.2, 0) is 55.7 Å². The summed E-state index contributed by atoms with van der Waals surface area (Å²) in [5, 5.41) is 13.2. The third kappa shape index (κ3) is 10.2. The Bertz CT molecular complexity index is 783. The van der Waals surface area contributed by atoms with Gasteiger partial charge in [0.15, 0.2) is 0 Å². The summed E-state index contributed by atoms with van der Waals surface area (Å²) in [6.45, 7) is 16.0. The van der Waals surface area contributed by atoms with Crippen LogP contribution in [0.3, 0.4) is 0 Å². The van der Waals surface area contributed by atoms with E-state index in [1.54, 1.807) is 0 Å². The maximum atomic E-state index is 4.44. The predicted octanol–water partition coefficient (Wildman–Crippen LogP) is 1.30. The summed E-state index contributed by atoms with van der Waals surface area (Å²) in [6, 6.07) is 6.36. The van der Waals surface area contributed by atoms with Crippen LogP contribution >= 0.6 is 0 Å². The largest absolute Gasteiger partial charge is 0.660 e. The van der Waals surface area contributed by atoms with Gasteiger partial charge in [-0.2, -0.15) is 0 Å². The topological polar surface area (TPSA) is 65.0 Å². The van der Waals surface area contributed by atoms with Gasteiger partial charge < -0.3 is 30.7 Å². The van der Waals surface area contributed by atoms with Crippen molar-refractivity contribution in [3.8, 4) is 0 Å². The summed E-state index contributed by atoms with van der Waals surface area (Å²) >= 11 is 0. The van der Waals surface area contributed by atoms with Gasteiger partial charge in [0.1, 0.15) is 0 Å². The molecule has 251 valence electrons. The Balaban J connectivity index is 0.000000148. The number of piperazine rings is 5. The van der Waals surface area contributed by atoms with Crippen molar-refractivity contribution in [2.45, 2.75) is 80.4 Å². The molecule has 0 aromatic heterocycles. The minimum Gasteiger partial charge on any atom is -0.660 e. The van der Waals surface area contributed by atoms with E-state index in [2.05, 4.69) is 85.5 Å². The molecule has 0 aromatic carbocycles. The van der Waals surface area contributed by atoms with Gasteiger partial charge in [-0.15, -0.1) is 37.8 Å². The molecule has 44 heavy (non-hydrogen) atoms. The molecular formula is C31H59N10V3-3. The van der Waals surface area contributed by atoms with E-state index < -0.39 is 0 Å². The van der Waals surface area contributed by atoms with E-state index >= 15 is 0 Å². The molecule has 10 bridgehead atoms. The van der Waals surface area contributed by atoms with Gasteiger partial charge in [-0.1, -0.05) is 12.8 Å². The van der Waals surface area contributed by atoms with Crippen LogP contribution in [0.15, 0.2) is 0 Å². The van der Waals surface area contributed by atoms with Crippen molar-refractivity contribution >= 4 is 0 Å². The molecule has 0 amide bonds. The zero-order valence-electron chi connectivity index (χ0n) is 28.2. The average molecular weight is 725 g/mol. The van der Waals surface area contributed by atoms with Gasteiger partial charge >= 0.3 is 0 Å². The quantitative estimate of drug-likeness (QED) is 0.374. The van der Waals surface area contributed by atoms with Crippen molar-refractivity contribution in [3.63, 3.8) is 0 Å². The zero-order chi connectivity index (χ0) is 28.5. The van der Waals surface area contributed by atoms with Crippen LogP contribution in [0.4, 0.5) is 0 Å². The Morgan fingerprint density at radius 3 is 1.36 bits per heavy atom. The first-order chi connectivity index (χ1) is 19.8. The number of likely N-dealkylation sites (N-methyl/N-ethyl adjacent to an activating group) is 4. The van der Waals surface area contributed by atoms with E-state index in [0.29, 0.717) is 18.1 Å². The van der Waals surface area contributed by atoms with Crippen molar-refractivity contribution in [1.82, 2.24) is 34.3 Å². The Kier molecular flexibility index (Phi) is 16.6. The molecule has 6 unspecified atom stereocenters. The summed E-state index contributed by atoms with van der Waals surface area (Å²) in [6.07, 6.45) is 6.90. The third-order valence-corrected chi connectivity index (χ3v) is 11.6. The molecule has 10 nitrogen and oxygen atoms in total. The van der Waals surface area contributed by atoms with Crippen LogP contribution in [-0.4, -0.2) is 203 Å². The number of likely N-dealkylation sites (tertiary alicyclic amines) is 1. The molecule has 0 aliphatic carbocycles. The summed E-state index contributed by atoms with van der Waals surface area (Å²) in [5.74, 6) is 0. The maximum absolute atomic E-state index is 4.44. The molecule has 3 radical (unpaired) electrons. The number of hydrogen-bond donors (Lipinski definition) is 0. The fourth-order valence-electron chi connectivity index (χ4n) is 8.30. The molecule has 0 N–H and O–H groups in total. The molecule has 14 rings (SSSR count). The van der Waals surface area contributed by atoms with E-state index in [4.69, 9.17) is 0 Å². The van der Waals surface area contributed by atoms with Gasteiger partial charge in [-0.25, -0.2) is 0 Å². The molecule has 0 aromatic rings. The molecule has 0 saturated carbocycles. The SMILES string of the molecule is CN1C2C[N-]CC1C2.CN1CC2CC(C1)[N-]2.CN1CC2CC1C[N-]2.CN1CCN2CC1C2.CN1CN2CCC1CC2.[V].[V].[V]. The Hall–Kier alpha value is 1.35. The van der Waals surface area contributed by atoms with Crippen molar-refractivity contribution in [1.29, 1.82) is 0 Å². The van der Waals surface area contributed by atoms with Gasteiger partial charge in [0.2, 0.25) is 0 Å². The van der Waals surface area contributed by atoms with Crippen LogP contribution in [0, 0.1) is 0 Å². The number of hydrogen-bond acceptors (Lipinski definition) is 7. The Morgan fingerprint density at radius 1 is 0.500 bits per heavy atom. The molecule has 14 aliphatic heterocycles. The first-order valence-corrected chi connectivity index (χ1v) is 16.8. The summed E-state index contributed by atoms with van der Waals surface area (Å²) < 4.78 is 0. The summed E-state index contributed by atoms with van der Waals surface area (Å²) in [7, 11) is 11.0. The summed E-state index contributed by atoms with van der Waals surface area (Å²) in [5.41, 5.74) is 0. The zero-order valence-corrected chi connectivity index (χ0v) is 32.4. The van der Waals surface area contributed by atoms with Crippen molar-refractivity contribution < 1.29 is 55.7 Å². The second kappa shape index (κ2) is 18.4. The monoisotopic (exact) mass is 724 g/mol. The molecule has 14 fully saturated rings. The predicted molar refractivity (Wildman–Crippen MR) is 169 cm³/mol. The standard InChI is InChI=1S/C7H14N2.3C6H11N2.C6H12N2.3V/c1-8-6-9-4-2-7(8)3-5-9;1-8-4-5-2-6(8)3-7-5;1-8-3-5-2-6(4-8)7-5;1-8-5-2-6(8)4-7-3-5;1-7-2-3-8-4-6(7)5-8;;;/h7H,2-6H2,1H3;3*5-6H,2-4H2,1H3;6H,2-5H2,1H3;;;/q;3*-1;;;;.